The molecule has 0 saturated heterocycles. The van der Waals surface area contributed by atoms with E-state index >= 15 is 0 Å². The van der Waals surface area contributed by atoms with Gasteiger partial charge in [-0.25, -0.2) is 4.98 Å². The minimum absolute atomic E-state index is 1.07. The Morgan fingerprint density at radius 3 is 2.08 bits per heavy atom. The van der Waals surface area contributed by atoms with Gasteiger partial charge < -0.3 is 4.90 Å². The van der Waals surface area contributed by atoms with Gasteiger partial charge in [0.05, 0.1) is 16.3 Å². The topological polar surface area (TPSA) is 16.1 Å². The Kier molecular flexibility index (Phi) is 5.74. The molecule has 0 aliphatic heterocycles. The average molecular weight is 659 g/mol. The molecule has 8 aromatic carbocycles. The number of anilines is 3. The summed E-state index contributed by atoms with van der Waals surface area (Å²) >= 11 is 3.66. The van der Waals surface area contributed by atoms with Crippen LogP contribution in [0.4, 0.5) is 17.1 Å². The van der Waals surface area contributed by atoms with Crippen molar-refractivity contribution in [3.63, 3.8) is 0 Å². The SMILES string of the molecule is c1ccc(-c2nc3c(s2)-c2cccc4c(N(c5ccc6c(ccc7ccccc76)c5)c5ccc6c(c5)sc5ccccc56)ccc-3c24)cc1. The van der Waals surface area contributed by atoms with Gasteiger partial charge in [-0.05, 0) is 57.9 Å². The van der Waals surface area contributed by atoms with E-state index in [-0.39, 0.29) is 0 Å². The van der Waals surface area contributed by atoms with Crippen LogP contribution >= 0.6 is 22.7 Å². The molecule has 0 N–H and O–H groups in total. The van der Waals surface area contributed by atoms with Crippen LogP contribution in [0.25, 0.3) is 84.8 Å². The maximum absolute atomic E-state index is 5.21. The van der Waals surface area contributed by atoms with Gasteiger partial charge in [0.2, 0.25) is 0 Å². The Hall–Kier alpha value is -5.81. The molecular weight excluding hydrogens is 633 g/mol. The molecule has 0 amide bonds. The van der Waals surface area contributed by atoms with Crippen LogP contribution in [0.1, 0.15) is 0 Å². The Morgan fingerprint density at radius 1 is 0.449 bits per heavy atom. The molecule has 49 heavy (non-hydrogen) atoms. The Balaban J connectivity index is 1.14. The van der Waals surface area contributed by atoms with Crippen LogP contribution in [0, 0.1) is 0 Å². The van der Waals surface area contributed by atoms with Crippen molar-refractivity contribution in [1.82, 2.24) is 4.98 Å². The lowest BCUT2D eigenvalue weighted by atomic mass is 9.99. The number of benzene rings is 8. The van der Waals surface area contributed by atoms with Crippen LogP contribution < -0.4 is 4.90 Å². The number of hydrogen-bond donors (Lipinski definition) is 0. The first-order chi connectivity index (χ1) is 24.3. The molecule has 228 valence electrons. The van der Waals surface area contributed by atoms with Crippen molar-refractivity contribution < 1.29 is 0 Å². The van der Waals surface area contributed by atoms with Crippen LogP contribution in [0.5, 0.6) is 0 Å². The third-order valence-electron chi connectivity index (χ3n) is 10.0. The first-order valence-corrected chi connectivity index (χ1v) is 18.2. The van der Waals surface area contributed by atoms with E-state index in [9.17, 15) is 0 Å². The van der Waals surface area contributed by atoms with Crippen LogP contribution in [0.15, 0.2) is 158 Å². The van der Waals surface area contributed by atoms with Crippen LogP contribution in [-0.4, -0.2) is 4.98 Å². The highest BCUT2D eigenvalue weighted by atomic mass is 32.1. The minimum Gasteiger partial charge on any atom is -0.310 e. The highest BCUT2D eigenvalue weighted by Crippen LogP contribution is 2.54. The van der Waals surface area contributed by atoms with E-state index < -0.39 is 0 Å². The first-order valence-electron chi connectivity index (χ1n) is 16.5. The van der Waals surface area contributed by atoms with Crippen molar-refractivity contribution in [3.8, 4) is 32.3 Å². The highest BCUT2D eigenvalue weighted by molar-refractivity contribution is 7.25. The van der Waals surface area contributed by atoms with Crippen LogP contribution in [0.3, 0.4) is 0 Å². The molecule has 0 saturated carbocycles. The molecule has 1 aliphatic rings. The summed E-state index contributed by atoms with van der Waals surface area (Å²) in [5.74, 6) is 0. The molecule has 0 unspecified atom stereocenters. The average Bonchev–Trinajstić information content (AvgIpc) is 3.85. The van der Waals surface area contributed by atoms with Crippen molar-refractivity contribution >= 4 is 92.2 Å². The fourth-order valence-electron chi connectivity index (χ4n) is 7.78. The van der Waals surface area contributed by atoms with Crippen LogP contribution in [-0.2, 0) is 0 Å². The monoisotopic (exact) mass is 658 g/mol. The van der Waals surface area contributed by atoms with Crippen molar-refractivity contribution in [2.24, 2.45) is 0 Å². The normalized spacial score (nSPS) is 12.1. The second kappa shape index (κ2) is 10.3. The molecule has 0 radical (unpaired) electrons. The molecule has 2 aromatic heterocycles. The molecule has 4 heteroatoms. The van der Waals surface area contributed by atoms with Gasteiger partial charge in [0.25, 0.3) is 0 Å². The second-order valence-corrected chi connectivity index (χ2v) is 14.8. The lowest BCUT2D eigenvalue weighted by molar-refractivity contribution is 1.31. The van der Waals surface area contributed by atoms with Gasteiger partial charge >= 0.3 is 0 Å². The molecule has 0 fully saturated rings. The molecule has 11 rings (SSSR count). The first kappa shape index (κ1) is 27.2. The van der Waals surface area contributed by atoms with Gasteiger partial charge in [-0.2, -0.15) is 0 Å². The second-order valence-electron chi connectivity index (χ2n) is 12.7. The van der Waals surface area contributed by atoms with Gasteiger partial charge in [0.15, 0.2) is 0 Å². The maximum atomic E-state index is 5.21. The third kappa shape index (κ3) is 4.02. The van der Waals surface area contributed by atoms with Gasteiger partial charge in [-0.1, -0.05) is 121 Å². The molecule has 2 heterocycles. The summed E-state index contributed by atoms with van der Waals surface area (Å²) in [5.41, 5.74) is 8.20. The summed E-state index contributed by atoms with van der Waals surface area (Å²) < 4.78 is 2.61. The van der Waals surface area contributed by atoms with Gasteiger partial charge in [0, 0.05) is 59.0 Å². The molecular formula is C45H26N2S2. The number of nitrogens with zero attached hydrogens (tertiary/aromatic N) is 2. The molecule has 0 bridgehead atoms. The summed E-state index contributed by atoms with van der Waals surface area (Å²) in [6.45, 7) is 0. The lowest BCUT2D eigenvalue weighted by Gasteiger charge is -2.28. The summed E-state index contributed by atoms with van der Waals surface area (Å²) in [6.07, 6.45) is 0. The number of hydrogen-bond acceptors (Lipinski definition) is 4. The third-order valence-corrected chi connectivity index (χ3v) is 12.3. The summed E-state index contributed by atoms with van der Waals surface area (Å²) in [4.78, 5) is 8.92. The van der Waals surface area contributed by atoms with E-state index in [1.807, 2.05) is 11.3 Å². The van der Waals surface area contributed by atoms with E-state index in [0.717, 1.165) is 22.1 Å². The standard InChI is InChI=1S/C45H26N2S2/c1-2-10-28(11-3-1)45-46-43-37-23-24-39(36-14-8-15-38(42(36)37)44(43)49-45)47(31-20-22-35-34-13-6-7-16-40(34)48-41(35)26-31)30-19-21-33-29(25-30)18-17-27-9-4-5-12-32(27)33/h1-26H. The Bertz CT molecular complexity index is 2930. The van der Waals surface area contributed by atoms with Crippen molar-refractivity contribution in [2.75, 3.05) is 4.90 Å². The van der Waals surface area contributed by atoms with E-state index in [4.69, 9.17) is 4.98 Å². The highest BCUT2D eigenvalue weighted by Gasteiger charge is 2.29. The van der Waals surface area contributed by atoms with Crippen LogP contribution in [0.2, 0.25) is 0 Å². The Morgan fingerprint density at radius 2 is 1.16 bits per heavy atom. The van der Waals surface area contributed by atoms with E-state index in [0.29, 0.717) is 0 Å². The quantitative estimate of drug-likeness (QED) is 0.175. The Labute approximate surface area is 290 Å². The smallest absolute Gasteiger partial charge is 0.124 e. The van der Waals surface area contributed by atoms with Gasteiger partial charge in [-0.15, -0.1) is 22.7 Å². The van der Waals surface area contributed by atoms with Crippen molar-refractivity contribution in [2.45, 2.75) is 0 Å². The number of fused-ring (bicyclic) bond motifs is 9. The molecule has 10 aromatic rings. The number of rotatable bonds is 4. The zero-order valence-corrected chi connectivity index (χ0v) is 27.9. The fraction of sp³-hybridized carbons (Fsp3) is 0. The number of thiophene rings is 1. The summed E-state index contributed by atoms with van der Waals surface area (Å²) in [7, 11) is 0. The zero-order valence-electron chi connectivity index (χ0n) is 26.2. The van der Waals surface area contributed by atoms with E-state index in [1.54, 1.807) is 11.3 Å². The van der Waals surface area contributed by atoms with Crippen molar-refractivity contribution in [1.29, 1.82) is 0 Å². The predicted molar refractivity (Wildman–Crippen MR) is 212 cm³/mol. The fourth-order valence-corrected chi connectivity index (χ4v) is 10.0. The summed E-state index contributed by atoms with van der Waals surface area (Å²) in [6, 6.07) is 57.7. The minimum atomic E-state index is 1.07. The maximum Gasteiger partial charge on any atom is 0.124 e. The van der Waals surface area contributed by atoms with Gasteiger partial charge in [0.1, 0.15) is 5.01 Å². The predicted octanol–water partition coefficient (Wildman–Crippen LogP) is 13.8. The van der Waals surface area contributed by atoms with E-state index in [1.165, 1.54) is 79.7 Å². The van der Waals surface area contributed by atoms with E-state index in [2.05, 4.69) is 163 Å². The molecule has 0 atom stereocenters. The largest absolute Gasteiger partial charge is 0.310 e. The summed E-state index contributed by atoms with van der Waals surface area (Å²) in [5, 5.41) is 11.3. The molecule has 2 nitrogen and oxygen atoms in total. The van der Waals surface area contributed by atoms with Gasteiger partial charge in [-0.3, -0.25) is 0 Å². The molecule has 0 spiro atoms. The lowest BCUT2D eigenvalue weighted by Crippen LogP contribution is -2.10. The van der Waals surface area contributed by atoms with Crippen molar-refractivity contribution in [3.05, 3.63) is 158 Å². The molecule has 1 aliphatic carbocycles. The number of thiazole rings is 1. The number of aromatic nitrogens is 1. The zero-order chi connectivity index (χ0) is 32.1.